The molecule has 0 saturated heterocycles. The zero-order valence-corrected chi connectivity index (χ0v) is 19.0. The third-order valence-electron chi connectivity index (χ3n) is 4.59. The van der Waals surface area contributed by atoms with Crippen LogP contribution in [0.2, 0.25) is 0 Å². The van der Waals surface area contributed by atoms with Crippen LogP contribution < -0.4 is 24.8 Å². The van der Waals surface area contributed by atoms with Crippen LogP contribution in [0.4, 0.5) is 11.4 Å². The van der Waals surface area contributed by atoms with E-state index in [2.05, 4.69) is 10.6 Å². The molecule has 0 radical (unpaired) electrons. The Bertz CT molecular complexity index is 1180. The van der Waals surface area contributed by atoms with Crippen LogP contribution in [-0.2, 0) is 0 Å². The van der Waals surface area contributed by atoms with Gasteiger partial charge in [0.1, 0.15) is 23.0 Å². The van der Waals surface area contributed by atoms with Gasteiger partial charge in [-0.3, -0.25) is 0 Å². The van der Waals surface area contributed by atoms with E-state index in [1.165, 1.54) is 0 Å². The lowest BCUT2D eigenvalue weighted by Gasteiger charge is -2.15. The molecule has 0 aromatic heterocycles. The highest BCUT2D eigenvalue weighted by atomic mass is 32.1. The van der Waals surface area contributed by atoms with E-state index in [9.17, 15) is 0 Å². The van der Waals surface area contributed by atoms with Crippen molar-refractivity contribution in [3.05, 3.63) is 103 Å². The third-order valence-corrected chi connectivity index (χ3v) is 4.79. The van der Waals surface area contributed by atoms with E-state index < -0.39 is 0 Å². The number of rotatable bonds is 8. The Morgan fingerprint density at radius 1 is 0.636 bits per heavy atom. The molecule has 4 aromatic carbocycles. The molecule has 0 heterocycles. The van der Waals surface area contributed by atoms with Crippen molar-refractivity contribution >= 4 is 28.7 Å². The van der Waals surface area contributed by atoms with Gasteiger partial charge in [0, 0.05) is 5.69 Å². The van der Waals surface area contributed by atoms with Crippen molar-refractivity contribution in [2.45, 2.75) is 6.92 Å². The second-order valence-electron chi connectivity index (χ2n) is 7.02. The lowest BCUT2D eigenvalue weighted by atomic mass is 10.2. The topological polar surface area (TPSA) is 51.8 Å². The van der Waals surface area contributed by atoms with Crippen molar-refractivity contribution in [1.29, 1.82) is 0 Å². The summed E-state index contributed by atoms with van der Waals surface area (Å²) in [6, 6.07) is 32.4. The molecular formula is C27H24N2O3S. The molecule has 6 heteroatoms. The Balaban J connectivity index is 1.36. The van der Waals surface area contributed by atoms with Gasteiger partial charge in [-0.15, -0.1) is 0 Å². The third kappa shape index (κ3) is 6.48. The van der Waals surface area contributed by atoms with Gasteiger partial charge >= 0.3 is 0 Å². The summed E-state index contributed by atoms with van der Waals surface area (Å²) in [6.07, 6.45) is 0. The van der Waals surface area contributed by atoms with Crippen molar-refractivity contribution in [1.82, 2.24) is 0 Å². The molecule has 0 bridgehead atoms. The van der Waals surface area contributed by atoms with Gasteiger partial charge in [-0.25, -0.2) is 0 Å². The van der Waals surface area contributed by atoms with E-state index in [1.807, 2.05) is 110 Å². The molecule has 0 atom stereocenters. The summed E-state index contributed by atoms with van der Waals surface area (Å²) in [5.41, 5.74) is 1.60. The van der Waals surface area contributed by atoms with Crippen LogP contribution in [0.25, 0.3) is 0 Å². The van der Waals surface area contributed by atoms with Gasteiger partial charge in [-0.2, -0.15) is 0 Å². The number of thiocarbonyl (C=S) groups is 1. The van der Waals surface area contributed by atoms with E-state index in [1.54, 1.807) is 0 Å². The monoisotopic (exact) mass is 456 g/mol. The first-order chi connectivity index (χ1) is 16.2. The van der Waals surface area contributed by atoms with Gasteiger partial charge in [0.2, 0.25) is 0 Å². The Labute approximate surface area is 198 Å². The molecule has 166 valence electrons. The van der Waals surface area contributed by atoms with Gasteiger partial charge in [0.25, 0.3) is 0 Å². The summed E-state index contributed by atoms with van der Waals surface area (Å²) in [4.78, 5) is 0. The summed E-state index contributed by atoms with van der Waals surface area (Å²) in [6.45, 7) is 2.58. The van der Waals surface area contributed by atoms with Crippen molar-refractivity contribution in [3.8, 4) is 28.7 Å². The maximum absolute atomic E-state index is 6.04. The Morgan fingerprint density at radius 2 is 1.21 bits per heavy atom. The molecule has 0 aliphatic carbocycles. The Morgan fingerprint density at radius 3 is 1.94 bits per heavy atom. The molecule has 0 fully saturated rings. The van der Waals surface area contributed by atoms with E-state index in [0.29, 0.717) is 23.2 Å². The van der Waals surface area contributed by atoms with Crippen molar-refractivity contribution in [2.24, 2.45) is 0 Å². The molecular weight excluding hydrogens is 432 g/mol. The van der Waals surface area contributed by atoms with E-state index in [4.69, 9.17) is 26.4 Å². The lowest BCUT2D eigenvalue weighted by Crippen LogP contribution is -2.19. The number of benzene rings is 4. The van der Waals surface area contributed by atoms with Crippen molar-refractivity contribution < 1.29 is 14.2 Å². The van der Waals surface area contributed by atoms with Crippen LogP contribution >= 0.6 is 12.2 Å². The average Bonchev–Trinajstić information content (AvgIpc) is 2.84. The minimum Gasteiger partial charge on any atom is -0.494 e. The van der Waals surface area contributed by atoms with Gasteiger partial charge in [0.05, 0.1) is 12.3 Å². The number of anilines is 2. The first-order valence-electron chi connectivity index (χ1n) is 10.6. The van der Waals surface area contributed by atoms with Crippen LogP contribution in [0, 0.1) is 0 Å². The molecule has 2 N–H and O–H groups in total. The van der Waals surface area contributed by atoms with Crippen LogP contribution in [0.5, 0.6) is 28.7 Å². The number of hydrogen-bond acceptors (Lipinski definition) is 4. The molecule has 4 rings (SSSR count). The summed E-state index contributed by atoms with van der Waals surface area (Å²) >= 11 is 5.50. The molecule has 0 spiro atoms. The predicted molar refractivity (Wildman–Crippen MR) is 137 cm³/mol. The van der Waals surface area contributed by atoms with Gasteiger partial charge < -0.3 is 24.8 Å². The van der Waals surface area contributed by atoms with Crippen LogP contribution in [0.3, 0.4) is 0 Å². The van der Waals surface area contributed by atoms with E-state index in [0.717, 1.165) is 28.6 Å². The summed E-state index contributed by atoms with van der Waals surface area (Å²) in [5, 5.41) is 6.84. The second kappa shape index (κ2) is 11.0. The fourth-order valence-corrected chi connectivity index (χ4v) is 3.30. The number of hydrogen-bond donors (Lipinski definition) is 2. The molecule has 0 aliphatic rings. The van der Waals surface area contributed by atoms with Gasteiger partial charge in [-0.1, -0.05) is 30.3 Å². The molecule has 5 nitrogen and oxygen atoms in total. The number of para-hydroxylation sites is 3. The van der Waals surface area contributed by atoms with Crippen LogP contribution in [-0.4, -0.2) is 11.7 Å². The predicted octanol–water partition coefficient (Wildman–Crippen LogP) is 7.48. The van der Waals surface area contributed by atoms with E-state index >= 15 is 0 Å². The normalized spacial score (nSPS) is 10.2. The minimum absolute atomic E-state index is 0.453. The molecule has 4 aromatic rings. The molecule has 0 aliphatic heterocycles. The smallest absolute Gasteiger partial charge is 0.175 e. The lowest BCUT2D eigenvalue weighted by molar-refractivity contribution is 0.339. The summed E-state index contributed by atoms with van der Waals surface area (Å²) < 4.78 is 17.4. The SMILES string of the molecule is CCOc1ccc(Oc2ccccc2NC(=S)Nc2ccc(Oc3ccccc3)cc2)cc1. The average molecular weight is 457 g/mol. The minimum atomic E-state index is 0.453. The number of ether oxygens (including phenoxy) is 3. The zero-order valence-electron chi connectivity index (χ0n) is 18.2. The molecule has 0 amide bonds. The fourth-order valence-electron chi connectivity index (χ4n) is 3.07. The maximum atomic E-state index is 6.04. The van der Waals surface area contributed by atoms with Gasteiger partial charge in [-0.05, 0) is 91.9 Å². The van der Waals surface area contributed by atoms with E-state index in [-0.39, 0.29) is 0 Å². The first-order valence-corrected chi connectivity index (χ1v) is 11.0. The van der Waals surface area contributed by atoms with Crippen LogP contribution in [0.15, 0.2) is 103 Å². The molecule has 0 saturated carbocycles. The van der Waals surface area contributed by atoms with Crippen molar-refractivity contribution in [2.75, 3.05) is 17.2 Å². The fraction of sp³-hybridized carbons (Fsp3) is 0.0741. The zero-order chi connectivity index (χ0) is 22.9. The van der Waals surface area contributed by atoms with Crippen molar-refractivity contribution in [3.63, 3.8) is 0 Å². The Kier molecular flexibility index (Phi) is 7.40. The molecule has 0 unspecified atom stereocenters. The number of nitrogens with one attached hydrogen (secondary N) is 2. The summed E-state index contributed by atoms with van der Waals surface area (Å²) in [7, 11) is 0. The second-order valence-corrected chi connectivity index (χ2v) is 7.43. The Hall–Kier alpha value is -4.03. The standard InChI is InChI=1S/C27H24N2O3S/c1-2-30-21-16-18-24(19-17-21)32-26-11-7-6-10-25(26)29-27(33)28-20-12-14-23(15-13-20)31-22-8-4-3-5-9-22/h3-19H,2H2,1H3,(H2,28,29,33). The van der Waals surface area contributed by atoms with Crippen LogP contribution in [0.1, 0.15) is 6.92 Å². The first kappa shape index (κ1) is 22.2. The maximum Gasteiger partial charge on any atom is 0.175 e. The molecule has 33 heavy (non-hydrogen) atoms. The largest absolute Gasteiger partial charge is 0.494 e. The quantitative estimate of drug-likeness (QED) is 0.268. The summed E-state index contributed by atoms with van der Waals surface area (Å²) in [5.74, 6) is 3.72. The highest BCUT2D eigenvalue weighted by Gasteiger charge is 2.07. The highest BCUT2D eigenvalue weighted by molar-refractivity contribution is 7.80. The van der Waals surface area contributed by atoms with Gasteiger partial charge in [0.15, 0.2) is 10.9 Å². The highest BCUT2D eigenvalue weighted by Crippen LogP contribution is 2.30.